The van der Waals surface area contributed by atoms with Crippen molar-refractivity contribution < 1.29 is 4.79 Å². The minimum Gasteiger partial charge on any atom is -0.373 e. The second-order valence-corrected chi connectivity index (χ2v) is 9.73. The maximum atomic E-state index is 11.7. The van der Waals surface area contributed by atoms with E-state index in [9.17, 15) is 4.79 Å². The Labute approximate surface area is 197 Å². The van der Waals surface area contributed by atoms with E-state index >= 15 is 0 Å². The summed E-state index contributed by atoms with van der Waals surface area (Å²) in [5, 5.41) is 3.32. The third-order valence-electron chi connectivity index (χ3n) is 7.46. The molecule has 0 aliphatic carbocycles. The summed E-state index contributed by atoms with van der Waals surface area (Å²) in [6.07, 6.45) is 5.86. The van der Waals surface area contributed by atoms with Crippen LogP contribution in [0.3, 0.4) is 0 Å². The SMILES string of the molecule is CNc1nc([C@@H]2CCN(C(C)=O)C2)nc2c1CN(Cc1ccc(N3CCCCC3)cc1)CC2. The number of anilines is 2. The smallest absolute Gasteiger partial charge is 0.219 e. The van der Waals surface area contributed by atoms with Crippen LogP contribution in [0.25, 0.3) is 0 Å². The molecule has 0 saturated carbocycles. The van der Waals surface area contributed by atoms with Crippen molar-refractivity contribution in [2.24, 2.45) is 0 Å². The number of amides is 1. The lowest BCUT2D eigenvalue weighted by Gasteiger charge is -2.31. The van der Waals surface area contributed by atoms with Gasteiger partial charge in [-0.25, -0.2) is 9.97 Å². The lowest BCUT2D eigenvalue weighted by Crippen LogP contribution is -2.32. The van der Waals surface area contributed by atoms with Gasteiger partial charge in [0.05, 0.1) is 5.69 Å². The maximum absolute atomic E-state index is 11.7. The number of carbonyl (C=O) groups excluding carboxylic acids is 1. The summed E-state index contributed by atoms with van der Waals surface area (Å²) in [4.78, 5) is 28.5. The summed E-state index contributed by atoms with van der Waals surface area (Å²) in [6, 6.07) is 9.16. The van der Waals surface area contributed by atoms with Crippen LogP contribution in [-0.4, -0.2) is 65.4 Å². The molecule has 4 heterocycles. The molecule has 2 saturated heterocycles. The van der Waals surface area contributed by atoms with Crippen LogP contribution >= 0.6 is 0 Å². The van der Waals surface area contributed by atoms with Crippen molar-refractivity contribution in [1.29, 1.82) is 0 Å². The van der Waals surface area contributed by atoms with Crippen molar-refractivity contribution >= 4 is 17.4 Å². The molecule has 2 fully saturated rings. The first-order valence-electron chi connectivity index (χ1n) is 12.5. The maximum Gasteiger partial charge on any atom is 0.219 e. The zero-order valence-corrected chi connectivity index (χ0v) is 20.0. The molecule has 1 aromatic heterocycles. The number of fused-ring (bicyclic) bond motifs is 1. The van der Waals surface area contributed by atoms with Gasteiger partial charge >= 0.3 is 0 Å². The van der Waals surface area contributed by atoms with Crippen molar-refractivity contribution in [3.05, 3.63) is 46.9 Å². The van der Waals surface area contributed by atoms with E-state index in [1.807, 2.05) is 11.9 Å². The second kappa shape index (κ2) is 9.67. The summed E-state index contributed by atoms with van der Waals surface area (Å²) < 4.78 is 0. The van der Waals surface area contributed by atoms with Gasteiger partial charge in [-0.2, -0.15) is 0 Å². The van der Waals surface area contributed by atoms with E-state index in [1.165, 1.54) is 54.9 Å². The standard InChI is InChI=1S/C26H36N6O/c1-19(33)32-15-10-21(17-32)25-28-24-11-14-30(18-23(24)26(27-2)29-25)16-20-6-8-22(9-7-20)31-12-4-3-5-13-31/h6-9,21H,3-5,10-18H2,1-2H3,(H,27,28,29)/t21-/m1/s1. The summed E-state index contributed by atoms with van der Waals surface area (Å²) in [6.45, 7) is 8.37. The lowest BCUT2D eigenvalue weighted by molar-refractivity contribution is -0.127. The van der Waals surface area contributed by atoms with Crippen LogP contribution in [0.5, 0.6) is 0 Å². The number of rotatable bonds is 5. The molecule has 176 valence electrons. The van der Waals surface area contributed by atoms with Crippen molar-refractivity contribution in [3.8, 4) is 0 Å². The molecule has 1 aromatic carbocycles. The summed E-state index contributed by atoms with van der Waals surface area (Å²) in [7, 11) is 1.95. The molecular weight excluding hydrogens is 412 g/mol. The molecule has 0 radical (unpaired) electrons. The number of hydrogen-bond donors (Lipinski definition) is 1. The Morgan fingerprint density at radius 3 is 2.55 bits per heavy atom. The van der Waals surface area contributed by atoms with E-state index < -0.39 is 0 Å². The number of carbonyl (C=O) groups is 1. The Bertz CT molecular complexity index is 968. The molecule has 5 rings (SSSR count). The first-order chi connectivity index (χ1) is 16.1. The van der Waals surface area contributed by atoms with Gasteiger partial charge < -0.3 is 15.1 Å². The van der Waals surface area contributed by atoms with Gasteiger partial charge in [-0.3, -0.25) is 9.69 Å². The van der Waals surface area contributed by atoms with Gasteiger partial charge in [-0.15, -0.1) is 0 Å². The number of nitrogens with zero attached hydrogens (tertiary/aromatic N) is 5. The third-order valence-corrected chi connectivity index (χ3v) is 7.46. The van der Waals surface area contributed by atoms with Crippen LogP contribution in [0.15, 0.2) is 24.3 Å². The number of hydrogen-bond acceptors (Lipinski definition) is 6. The fourth-order valence-corrected chi connectivity index (χ4v) is 5.49. The normalized spacial score (nSPS) is 21.2. The Morgan fingerprint density at radius 1 is 1.06 bits per heavy atom. The van der Waals surface area contributed by atoms with E-state index in [0.29, 0.717) is 0 Å². The van der Waals surface area contributed by atoms with Crippen LogP contribution in [0.4, 0.5) is 11.5 Å². The second-order valence-electron chi connectivity index (χ2n) is 9.73. The number of likely N-dealkylation sites (tertiary alicyclic amines) is 1. The molecule has 0 bridgehead atoms. The van der Waals surface area contributed by atoms with Crippen LogP contribution in [0, 0.1) is 0 Å². The Kier molecular flexibility index (Phi) is 6.49. The summed E-state index contributed by atoms with van der Waals surface area (Å²) in [5.41, 5.74) is 5.11. The molecule has 33 heavy (non-hydrogen) atoms. The van der Waals surface area contributed by atoms with Crippen LogP contribution in [0.2, 0.25) is 0 Å². The predicted octanol–water partition coefficient (Wildman–Crippen LogP) is 3.40. The van der Waals surface area contributed by atoms with E-state index in [-0.39, 0.29) is 11.8 Å². The van der Waals surface area contributed by atoms with Gasteiger partial charge in [0, 0.05) is 83.4 Å². The van der Waals surface area contributed by atoms with Gasteiger partial charge in [-0.05, 0) is 43.4 Å². The van der Waals surface area contributed by atoms with Crippen molar-refractivity contribution in [1.82, 2.24) is 19.8 Å². The molecular formula is C26H36N6O. The largest absolute Gasteiger partial charge is 0.373 e. The highest BCUT2D eigenvalue weighted by atomic mass is 16.2. The quantitative estimate of drug-likeness (QED) is 0.756. The summed E-state index contributed by atoms with van der Waals surface area (Å²) >= 11 is 0. The van der Waals surface area contributed by atoms with Gasteiger partial charge in [0.1, 0.15) is 11.6 Å². The number of benzene rings is 1. The first kappa shape index (κ1) is 22.1. The average Bonchev–Trinajstić information content (AvgIpc) is 3.35. The first-order valence-corrected chi connectivity index (χ1v) is 12.5. The molecule has 7 nitrogen and oxygen atoms in total. The van der Waals surface area contributed by atoms with Gasteiger partial charge in [-0.1, -0.05) is 12.1 Å². The van der Waals surface area contributed by atoms with Crippen LogP contribution in [0.1, 0.15) is 61.2 Å². The molecule has 1 N–H and O–H groups in total. The van der Waals surface area contributed by atoms with Crippen molar-refractivity contribution in [2.45, 2.75) is 58.0 Å². The van der Waals surface area contributed by atoms with Crippen LogP contribution in [-0.2, 0) is 24.3 Å². The minimum absolute atomic E-state index is 0.143. The molecule has 3 aliphatic rings. The zero-order valence-electron chi connectivity index (χ0n) is 20.0. The van der Waals surface area contributed by atoms with Crippen LogP contribution < -0.4 is 10.2 Å². The summed E-state index contributed by atoms with van der Waals surface area (Å²) in [5.74, 6) is 2.22. The Balaban J connectivity index is 1.26. The molecule has 3 aliphatic heterocycles. The molecule has 1 atom stereocenters. The highest BCUT2D eigenvalue weighted by molar-refractivity contribution is 5.73. The minimum atomic E-state index is 0.143. The van der Waals surface area contributed by atoms with E-state index in [1.54, 1.807) is 6.92 Å². The zero-order chi connectivity index (χ0) is 22.8. The van der Waals surface area contributed by atoms with Gasteiger partial charge in [0.15, 0.2) is 0 Å². The average molecular weight is 449 g/mol. The van der Waals surface area contributed by atoms with E-state index in [0.717, 1.165) is 57.2 Å². The fourth-order valence-electron chi connectivity index (χ4n) is 5.49. The Hall–Kier alpha value is -2.67. The topological polar surface area (TPSA) is 64.6 Å². The molecule has 0 unspecified atom stereocenters. The van der Waals surface area contributed by atoms with Gasteiger partial charge in [0.2, 0.25) is 5.91 Å². The molecule has 0 spiro atoms. The monoisotopic (exact) mass is 448 g/mol. The number of piperidine rings is 1. The van der Waals surface area contributed by atoms with Crippen molar-refractivity contribution in [2.75, 3.05) is 50.0 Å². The van der Waals surface area contributed by atoms with E-state index in [2.05, 4.69) is 39.4 Å². The number of aromatic nitrogens is 2. The third kappa shape index (κ3) is 4.83. The fraction of sp³-hybridized carbons (Fsp3) is 0.577. The van der Waals surface area contributed by atoms with Crippen molar-refractivity contribution in [3.63, 3.8) is 0 Å². The van der Waals surface area contributed by atoms with E-state index in [4.69, 9.17) is 9.97 Å². The number of nitrogens with one attached hydrogen (secondary N) is 1. The van der Waals surface area contributed by atoms with Gasteiger partial charge in [0.25, 0.3) is 0 Å². The highest BCUT2D eigenvalue weighted by Gasteiger charge is 2.30. The predicted molar refractivity (Wildman–Crippen MR) is 132 cm³/mol. The lowest BCUT2D eigenvalue weighted by atomic mass is 10.0. The molecule has 7 heteroatoms. The highest BCUT2D eigenvalue weighted by Crippen LogP contribution is 2.30. The molecule has 2 aromatic rings. The molecule has 1 amide bonds. The Morgan fingerprint density at radius 2 is 1.85 bits per heavy atom.